The average Bonchev–Trinajstić information content (AvgIpc) is 2.58. The largest absolute Gasteiger partial charge is 0.393 e. The summed E-state index contributed by atoms with van der Waals surface area (Å²) >= 11 is 0. The third-order valence-corrected chi connectivity index (χ3v) is 2.64. The fraction of sp³-hybridized carbons (Fsp3) is 1.00. The van der Waals surface area contributed by atoms with Gasteiger partial charge in [-0.3, -0.25) is 0 Å². The minimum Gasteiger partial charge on any atom is -0.313 e. The Labute approximate surface area is 63.0 Å². The number of hydrogen-bond donors (Lipinski definition) is 1. The number of fused-ring (bicyclic) bond motifs is 1. The molecule has 0 amide bonds. The molecule has 1 aliphatic carbocycles. The number of nitrogens with one attached hydrogen (secondary N) is 1. The molecule has 1 saturated heterocycles. The van der Waals surface area contributed by atoms with E-state index in [1.165, 1.54) is 0 Å². The van der Waals surface area contributed by atoms with Gasteiger partial charge in [-0.15, -0.1) is 0 Å². The maximum Gasteiger partial charge on any atom is 0.393 e. The van der Waals surface area contributed by atoms with Crippen LogP contribution >= 0.6 is 0 Å². The van der Waals surface area contributed by atoms with E-state index in [0.717, 1.165) is 19.4 Å². The van der Waals surface area contributed by atoms with Crippen LogP contribution in [0.25, 0.3) is 0 Å². The molecule has 1 aliphatic heterocycles. The van der Waals surface area contributed by atoms with Crippen LogP contribution in [0.1, 0.15) is 12.8 Å². The molecule has 0 spiro atoms. The highest BCUT2D eigenvalue weighted by Crippen LogP contribution is 2.53. The molecule has 2 aliphatic rings. The molecule has 0 aromatic rings. The fourth-order valence-electron chi connectivity index (χ4n) is 2.06. The summed E-state index contributed by atoms with van der Waals surface area (Å²) in [6, 6.07) is -0.247. The number of piperidine rings is 1. The van der Waals surface area contributed by atoms with E-state index in [1.807, 2.05) is 0 Å². The van der Waals surface area contributed by atoms with Gasteiger partial charge in [-0.1, -0.05) is 0 Å². The first-order chi connectivity index (χ1) is 5.11. The molecular weight excluding hydrogens is 155 g/mol. The molecule has 64 valence electrons. The molecule has 2 fully saturated rings. The van der Waals surface area contributed by atoms with Crippen LogP contribution in [-0.2, 0) is 0 Å². The zero-order valence-corrected chi connectivity index (χ0v) is 5.99. The minimum atomic E-state index is -3.97. The van der Waals surface area contributed by atoms with E-state index in [0.29, 0.717) is 0 Å². The van der Waals surface area contributed by atoms with Crippen molar-refractivity contribution in [1.82, 2.24) is 5.32 Å². The lowest BCUT2D eigenvalue weighted by Crippen LogP contribution is -2.26. The van der Waals surface area contributed by atoms with Crippen LogP contribution < -0.4 is 5.32 Å². The van der Waals surface area contributed by atoms with Crippen LogP contribution in [0.5, 0.6) is 0 Å². The van der Waals surface area contributed by atoms with Crippen LogP contribution in [0.2, 0.25) is 0 Å². The van der Waals surface area contributed by atoms with E-state index in [4.69, 9.17) is 0 Å². The fourth-order valence-corrected chi connectivity index (χ4v) is 2.06. The Morgan fingerprint density at radius 2 is 2.00 bits per heavy atom. The quantitative estimate of drug-likeness (QED) is 0.574. The molecule has 0 aromatic heterocycles. The van der Waals surface area contributed by atoms with Gasteiger partial charge in [-0.05, 0) is 25.3 Å². The first-order valence-corrected chi connectivity index (χ1v) is 3.91. The van der Waals surface area contributed by atoms with Crippen molar-refractivity contribution in [3.05, 3.63) is 0 Å². The van der Waals surface area contributed by atoms with Crippen molar-refractivity contribution in [2.24, 2.45) is 11.8 Å². The van der Waals surface area contributed by atoms with Crippen LogP contribution in [0.3, 0.4) is 0 Å². The molecule has 1 saturated carbocycles. The van der Waals surface area contributed by atoms with Crippen LogP contribution in [0.4, 0.5) is 13.2 Å². The van der Waals surface area contributed by atoms with Crippen molar-refractivity contribution >= 4 is 0 Å². The lowest BCUT2D eigenvalue weighted by Gasteiger charge is -2.07. The van der Waals surface area contributed by atoms with E-state index in [2.05, 4.69) is 5.32 Å². The van der Waals surface area contributed by atoms with Crippen molar-refractivity contribution in [2.75, 3.05) is 6.54 Å². The Balaban J connectivity index is 2.00. The molecule has 0 unspecified atom stereocenters. The first kappa shape index (κ1) is 7.40. The zero-order valence-electron chi connectivity index (χ0n) is 5.99. The van der Waals surface area contributed by atoms with Crippen molar-refractivity contribution < 1.29 is 13.2 Å². The van der Waals surface area contributed by atoms with E-state index < -0.39 is 12.1 Å². The molecule has 2 rings (SSSR count). The monoisotopic (exact) mass is 165 g/mol. The van der Waals surface area contributed by atoms with Crippen LogP contribution in [-0.4, -0.2) is 18.8 Å². The van der Waals surface area contributed by atoms with E-state index in [-0.39, 0.29) is 12.0 Å². The highest BCUT2D eigenvalue weighted by molar-refractivity contribution is 5.08. The topological polar surface area (TPSA) is 12.0 Å². The second-order valence-corrected chi connectivity index (χ2v) is 3.35. The Kier molecular flexibility index (Phi) is 1.43. The Bertz CT molecular complexity index is 154. The third-order valence-electron chi connectivity index (χ3n) is 2.64. The molecule has 0 radical (unpaired) electrons. The summed E-state index contributed by atoms with van der Waals surface area (Å²) < 4.78 is 36.3. The van der Waals surface area contributed by atoms with Gasteiger partial charge < -0.3 is 5.32 Å². The summed E-state index contributed by atoms with van der Waals surface area (Å²) in [5.74, 6) is -1.14. The lowest BCUT2D eigenvalue weighted by atomic mass is 10.1. The normalized spacial score (nSPS) is 43.4. The van der Waals surface area contributed by atoms with Gasteiger partial charge in [-0.25, -0.2) is 0 Å². The van der Waals surface area contributed by atoms with Crippen LogP contribution in [0.15, 0.2) is 0 Å². The number of halogens is 3. The Morgan fingerprint density at radius 3 is 2.45 bits per heavy atom. The first-order valence-electron chi connectivity index (χ1n) is 3.91. The van der Waals surface area contributed by atoms with Gasteiger partial charge in [0, 0.05) is 6.04 Å². The summed E-state index contributed by atoms with van der Waals surface area (Å²) in [5.41, 5.74) is 0. The Hall–Kier alpha value is -0.250. The second-order valence-electron chi connectivity index (χ2n) is 3.35. The van der Waals surface area contributed by atoms with Gasteiger partial charge in [-0.2, -0.15) is 13.2 Å². The third kappa shape index (κ3) is 1.13. The SMILES string of the molecule is FC(F)(F)[C@@H]1[C@H]2CCCN[C@H]21. The molecule has 1 N–H and O–H groups in total. The van der Waals surface area contributed by atoms with Gasteiger partial charge >= 0.3 is 6.18 Å². The maximum absolute atomic E-state index is 12.1. The number of hydrogen-bond acceptors (Lipinski definition) is 1. The minimum absolute atomic E-state index is 0.108. The number of alkyl halides is 3. The molecule has 11 heavy (non-hydrogen) atoms. The van der Waals surface area contributed by atoms with Gasteiger partial charge in [0.15, 0.2) is 0 Å². The molecule has 1 heterocycles. The molecular formula is C7H10F3N. The van der Waals surface area contributed by atoms with Crippen LogP contribution in [0, 0.1) is 11.8 Å². The van der Waals surface area contributed by atoms with Crippen molar-refractivity contribution in [2.45, 2.75) is 25.1 Å². The predicted octanol–water partition coefficient (Wildman–Crippen LogP) is 1.55. The molecule has 1 nitrogen and oxygen atoms in total. The predicted molar refractivity (Wildman–Crippen MR) is 34.1 cm³/mol. The highest BCUT2D eigenvalue weighted by atomic mass is 19.4. The highest BCUT2D eigenvalue weighted by Gasteiger charge is 2.64. The summed E-state index contributed by atoms with van der Waals surface area (Å²) in [6.07, 6.45) is -2.32. The average molecular weight is 165 g/mol. The lowest BCUT2D eigenvalue weighted by molar-refractivity contribution is -0.152. The van der Waals surface area contributed by atoms with E-state index in [1.54, 1.807) is 0 Å². The van der Waals surface area contributed by atoms with Gasteiger partial charge in [0.2, 0.25) is 0 Å². The number of rotatable bonds is 0. The summed E-state index contributed by atoms with van der Waals surface area (Å²) in [4.78, 5) is 0. The summed E-state index contributed by atoms with van der Waals surface area (Å²) in [6.45, 7) is 0.758. The van der Waals surface area contributed by atoms with Crippen molar-refractivity contribution in [3.63, 3.8) is 0 Å². The zero-order chi connectivity index (χ0) is 8.06. The molecule has 4 heteroatoms. The standard InChI is InChI=1S/C7H10F3N/c8-7(9,10)5-4-2-1-3-11-6(4)5/h4-6,11H,1-3H2/t4-,5-,6-/m1/s1. The molecule has 0 aromatic carbocycles. The summed E-state index contributed by atoms with van der Waals surface area (Å²) in [7, 11) is 0. The van der Waals surface area contributed by atoms with Gasteiger partial charge in [0.05, 0.1) is 5.92 Å². The smallest absolute Gasteiger partial charge is 0.313 e. The summed E-state index contributed by atoms with van der Waals surface area (Å²) in [5, 5.41) is 2.89. The molecule has 3 atom stereocenters. The maximum atomic E-state index is 12.1. The van der Waals surface area contributed by atoms with E-state index >= 15 is 0 Å². The Morgan fingerprint density at radius 1 is 1.27 bits per heavy atom. The van der Waals surface area contributed by atoms with E-state index in [9.17, 15) is 13.2 Å². The van der Waals surface area contributed by atoms with Gasteiger partial charge in [0.25, 0.3) is 0 Å². The second kappa shape index (κ2) is 2.12. The van der Waals surface area contributed by atoms with Crippen molar-refractivity contribution in [1.29, 1.82) is 0 Å². The molecule has 0 bridgehead atoms. The van der Waals surface area contributed by atoms with Gasteiger partial charge in [0.1, 0.15) is 0 Å². The van der Waals surface area contributed by atoms with Crippen molar-refractivity contribution in [3.8, 4) is 0 Å².